The maximum absolute atomic E-state index is 11.3. The van der Waals surface area contributed by atoms with E-state index in [1.54, 1.807) is 0 Å². The Hall–Kier alpha value is -2.15. The predicted molar refractivity (Wildman–Crippen MR) is 78.7 cm³/mol. The molecule has 1 aromatic rings. The number of carboxylic acid groups (broad SMARTS) is 1. The van der Waals surface area contributed by atoms with Crippen LogP contribution in [0.2, 0.25) is 0 Å². The van der Waals surface area contributed by atoms with Gasteiger partial charge in [0.15, 0.2) is 0 Å². The molecule has 2 unspecified atom stereocenters. The topological polar surface area (TPSA) is 95.7 Å². The van der Waals surface area contributed by atoms with Crippen molar-refractivity contribution >= 4 is 17.3 Å². The minimum atomic E-state index is -1.09. The number of rotatable bonds is 4. The summed E-state index contributed by atoms with van der Waals surface area (Å²) >= 11 is 0. The van der Waals surface area contributed by atoms with Gasteiger partial charge in [0.1, 0.15) is 0 Å². The Bertz CT molecular complexity index is 561. The molecule has 7 nitrogen and oxygen atoms in total. The van der Waals surface area contributed by atoms with Crippen molar-refractivity contribution in [1.82, 2.24) is 4.90 Å². The second-order valence-corrected chi connectivity index (χ2v) is 5.57. The van der Waals surface area contributed by atoms with Crippen LogP contribution in [0, 0.1) is 16.0 Å². The molecular formula is C14H19N3O4. The van der Waals surface area contributed by atoms with Gasteiger partial charge in [0.25, 0.3) is 5.69 Å². The quantitative estimate of drug-likeness (QED) is 0.651. The number of carboxylic acids is 1. The van der Waals surface area contributed by atoms with Crippen LogP contribution in [-0.2, 0) is 0 Å². The van der Waals surface area contributed by atoms with Crippen LogP contribution in [0.15, 0.2) is 18.2 Å². The summed E-state index contributed by atoms with van der Waals surface area (Å²) in [6.45, 7) is 3.92. The van der Waals surface area contributed by atoms with Crippen LogP contribution >= 0.6 is 0 Å². The molecule has 1 saturated heterocycles. The van der Waals surface area contributed by atoms with Crippen molar-refractivity contribution in [3.05, 3.63) is 33.9 Å². The third-order valence-electron chi connectivity index (χ3n) is 3.89. The zero-order valence-corrected chi connectivity index (χ0v) is 12.1. The second kappa shape index (κ2) is 6.09. The molecule has 0 amide bonds. The molecule has 0 spiro atoms. The zero-order chi connectivity index (χ0) is 15.6. The lowest BCUT2D eigenvalue weighted by Crippen LogP contribution is -2.43. The van der Waals surface area contributed by atoms with E-state index in [1.807, 2.05) is 7.05 Å². The number of nitrogens with one attached hydrogen (secondary N) is 1. The molecule has 0 radical (unpaired) electrons. The molecule has 1 aliphatic heterocycles. The smallest absolute Gasteiger partial charge is 0.337 e. The van der Waals surface area contributed by atoms with Crippen molar-refractivity contribution in [2.24, 2.45) is 5.92 Å². The van der Waals surface area contributed by atoms with Gasteiger partial charge in [-0.25, -0.2) is 4.79 Å². The van der Waals surface area contributed by atoms with E-state index in [2.05, 4.69) is 17.1 Å². The molecule has 2 rings (SSSR count). The largest absolute Gasteiger partial charge is 0.478 e. The first-order valence-electron chi connectivity index (χ1n) is 6.85. The number of benzene rings is 1. The first kappa shape index (κ1) is 15.2. The van der Waals surface area contributed by atoms with Gasteiger partial charge in [-0.15, -0.1) is 0 Å². The van der Waals surface area contributed by atoms with Crippen LogP contribution in [0.5, 0.6) is 0 Å². The van der Waals surface area contributed by atoms with E-state index < -0.39 is 10.9 Å². The zero-order valence-electron chi connectivity index (χ0n) is 12.1. The van der Waals surface area contributed by atoms with E-state index in [-0.39, 0.29) is 17.3 Å². The fraction of sp³-hybridized carbons (Fsp3) is 0.500. The Kier molecular flexibility index (Phi) is 4.42. The Morgan fingerprint density at radius 3 is 2.81 bits per heavy atom. The van der Waals surface area contributed by atoms with E-state index in [0.29, 0.717) is 11.6 Å². The number of aromatic carboxylic acids is 1. The molecule has 7 heteroatoms. The molecule has 0 aromatic heterocycles. The summed E-state index contributed by atoms with van der Waals surface area (Å²) in [4.78, 5) is 23.8. The van der Waals surface area contributed by atoms with E-state index >= 15 is 0 Å². The van der Waals surface area contributed by atoms with Gasteiger partial charge in [0, 0.05) is 24.7 Å². The minimum absolute atomic E-state index is 0.0618. The molecule has 21 heavy (non-hydrogen) atoms. The van der Waals surface area contributed by atoms with Crippen LogP contribution in [0.4, 0.5) is 11.4 Å². The highest BCUT2D eigenvalue weighted by Gasteiger charge is 2.26. The van der Waals surface area contributed by atoms with Gasteiger partial charge >= 0.3 is 5.97 Å². The summed E-state index contributed by atoms with van der Waals surface area (Å²) in [5, 5.41) is 23.3. The average molecular weight is 293 g/mol. The average Bonchev–Trinajstić information content (AvgIpc) is 2.41. The first-order valence-corrected chi connectivity index (χ1v) is 6.85. The number of hydrogen-bond acceptors (Lipinski definition) is 5. The van der Waals surface area contributed by atoms with E-state index in [0.717, 1.165) is 19.5 Å². The normalized spacial score (nSPS) is 22.8. The molecule has 2 N–H and O–H groups in total. The van der Waals surface area contributed by atoms with Crippen molar-refractivity contribution in [3.63, 3.8) is 0 Å². The van der Waals surface area contributed by atoms with Gasteiger partial charge < -0.3 is 15.3 Å². The highest BCUT2D eigenvalue weighted by Crippen LogP contribution is 2.26. The number of anilines is 1. The van der Waals surface area contributed by atoms with Crippen LogP contribution in [0.1, 0.15) is 23.7 Å². The Morgan fingerprint density at radius 1 is 1.52 bits per heavy atom. The van der Waals surface area contributed by atoms with Crippen molar-refractivity contribution in [3.8, 4) is 0 Å². The highest BCUT2D eigenvalue weighted by atomic mass is 16.6. The van der Waals surface area contributed by atoms with Crippen molar-refractivity contribution in [2.75, 3.05) is 25.5 Å². The summed E-state index contributed by atoms with van der Waals surface area (Å²) in [6, 6.07) is 3.91. The number of non-ortho nitro benzene ring substituents is 1. The van der Waals surface area contributed by atoms with Crippen LogP contribution in [0.3, 0.4) is 0 Å². The molecule has 0 aliphatic carbocycles. The molecule has 114 valence electrons. The third-order valence-corrected chi connectivity index (χ3v) is 3.89. The first-order chi connectivity index (χ1) is 9.88. The molecule has 0 saturated carbocycles. The molecular weight excluding hydrogens is 274 g/mol. The summed E-state index contributed by atoms with van der Waals surface area (Å²) < 4.78 is 0. The lowest BCUT2D eigenvalue weighted by Gasteiger charge is -2.36. The van der Waals surface area contributed by atoms with Gasteiger partial charge in [-0.05, 0) is 32.0 Å². The summed E-state index contributed by atoms with van der Waals surface area (Å²) in [7, 11) is 2.04. The van der Waals surface area contributed by atoms with Gasteiger partial charge in [0.2, 0.25) is 0 Å². The number of piperidine rings is 1. The Morgan fingerprint density at radius 2 is 2.24 bits per heavy atom. The van der Waals surface area contributed by atoms with Crippen molar-refractivity contribution in [2.45, 2.75) is 19.4 Å². The van der Waals surface area contributed by atoms with Gasteiger partial charge in [-0.2, -0.15) is 0 Å². The Balaban J connectivity index is 2.26. The SMILES string of the molecule is CC1CN(C)CCC1Nc1cc([N+](=O)[O-])ccc1C(=O)O. The fourth-order valence-electron chi connectivity index (χ4n) is 2.72. The Labute approximate surface area is 122 Å². The van der Waals surface area contributed by atoms with Gasteiger partial charge in [-0.1, -0.05) is 6.92 Å². The molecule has 1 heterocycles. The van der Waals surface area contributed by atoms with Crippen LogP contribution < -0.4 is 5.32 Å². The minimum Gasteiger partial charge on any atom is -0.478 e. The number of nitrogens with zero attached hydrogens (tertiary/aromatic N) is 2. The third kappa shape index (κ3) is 3.49. The predicted octanol–water partition coefficient (Wildman–Crippen LogP) is 2.05. The highest BCUT2D eigenvalue weighted by molar-refractivity contribution is 5.94. The number of nitro benzene ring substituents is 1. The van der Waals surface area contributed by atoms with Crippen LogP contribution in [-0.4, -0.2) is 47.1 Å². The standard InChI is InChI=1S/C14H19N3O4/c1-9-8-16(2)6-5-12(9)15-13-7-10(17(20)21)3-4-11(13)14(18)19/h3-4,7,9,12,15H,5-6,8H2,1-2H3,(H,18,19). The molecule has 2 atom stereocenters. The molecule has 0 bridgehead atoms. The summed E-state index contributed by atoms with van der Waals surface area (Å²) in [5.74, 6) is -0.752. The summed E-state index contributed by atoms with van der Waals surface area (Å²) in [5.41, 5.74) is 0.271. The second-order valence-electron chi connectivity index (χ2n) is 5.57. The maximum Gasteiger partial charge on any atom is 0.337 e. The van der Waals surface area contributed by atoms with Crippen molar-refractivity contribution in [1.29, 1.82) is 0 Å². The van der Waals surface area contributed by atoms with Gasteiger partial charge in [0.05, 0.1) is 16.2 Å². The van der Waals surface area contributed by atoms with E-state index in [9.17, 15) is 20.0 Å². The van der Waals surface area contributed by atoms with E-state index in [4.69, 9.17) is 0 Å². The number of nitro groups is 1. The monoisotopic (exact) mass is 293 g/mol. The molecule has 1 aliphatic rings. The van der Waals surface area contributed by atoms with Crippen LogP contribution in [0.25, 0.3) is 0 Å². The lowest BCUT2D eigenvalue weighted by molar-refractivity contribution is -0.384. The fourth-order valence-corrected chi connectivity index (χ4v) is 2.72. The number of carbonyl (C=O) groups is 1. The summed E-state index contributed by atoms with van der Waals surface area (Å²) in [6.07, 6.45) is 0.874. The lowest BCUT2D eigenvalue weighted by atomic mass is 9.93. The van der Waals surface area contributed by atoms with E-state index in [1.165, 1.54) is 18.2 Å². The maximum atomic E-state index is 11.3. The molecule has 1 aromatic carbocycles. The van der Waals surface area contributed by atoms with Gasteiger partial charge in [-0.3, -0.25) is 10.1 Å². The molecule has 1 fully saturated rings. The number of hydrogen-bond donors (Lipinski definition) is 2. The number of likely N-dealkylation sites (tertiary alicyclic amines) is 1. The van der Waals surface area contributed by atoms with Crippen molar-refractivity contribution < 1.29 is 14.8 Å².